The molecule has 2 rings (SSSR count). The van der Waals surface area contributed by atoms with Crippen LogP contribution in [0.15, 0.2) is 10.5 Å². The van der Waals surface area contributed by atoms with E-state index in [0.717, 1.165) is 34.0 Å². The Morgan fingerprint density at radius 3 is 2.44 bits per heavy atom. The largest absolute Gasteiger partial charge is 0.507 e. The SMILES string of the molecule is Cc1cc(Br)c(C2(N)CCCC2)c(C)c1O. The minimum absolute atomic E-state index is 0.256. The number of rotatable bonds is 1. The van der Waals surface area contributed by atoms with Crippen LogP contribution in [0.1, 0.15) is 42.4 Å². The minimum atomic E-state index is -0.256. The standard InChI is InChI=1S/C13H18BrNO/c1-8-7-10(14)11(9(2)12(8)16)13(15)5-3-4-6-13/h7,16H,3-6,15H2,1-2H3. The molecule has 16 heavy (non-hydrogen) atoms. The van der Waals surface area contributed by atoms with Crippen LogP contribution in [0.2, 0.25) is 0 Å². The number of phenols is 1. The van der Waals surface area contributed by atoms with Crippen LogP contribution < -0.4 is 5.73 Å². The van der Waals surface area contributed by atoms with Gasteiger partial charge in [0.25, 0.3) is 0 Å². The predicted molar refractivity (Wildman–Crippen MR) is 69.6 cm³/mol. The number of nitrogens with two attached hydrogens (primary N) is 1. The maximum absolute atomic E-state index is 10.0. The van der Waals surface area contributed by atoms with E-state index < -0.39 is 0 Å². The lowest BCUT2D eigenvalue weighted by atomic mass is 9.85. The van der Waals surface area contributed by atoms with Gasteiger partial charge >= 0.3 is 0 Å². The molecule has 2 nitrogen and oxygen atoms in total. The highest BCUT2D eigenvalue weighted by atomic mass is 79.9. The first-order chi connectivity index (χ1) is 7.46. The van der Waals surface area contributed by atoms with Crippen LogP contribution in [-0.4, -0.2) is 5.11 Å². The van der Waals surface area contributed by atoms with Crippen molar-refractivity contribution in [1.82, 2.24) is 0 Å². The molecular formula is C13H18BrNO. The summed E-state index contributed by atoms with van der Waals surface area (Å²) in [5.74, 6) is 0.384. The van der Waals surface area contributed by atoms with Crippen LogP contribution in [-0.2, 0) is 5.54 Å². The molecule has 0 heterocycles. The number of hydrogen-bond acceptors (Lipinski definition) is 2. The molecule has 1 aliphatic rings. The molecule has 0 aliphatic heterocycles. The zero-order valence-corrected chi connectivity index (χ0v) is 11.4. The molecule has 1 aliphatic carbocycles. The van der Waals surface area contributed by atoms with E-state index in [-0.39, 0.29) is 5.54 Å². The van der Waals surface area contributed by atoms with Gasteiger partial charge in [0.05, 0.1) is 0 Å². The summed E-state index contributed by atoms with van der Waals surface area (Å²) in [6.45, 7) is 3.87. The number of phenolic OH excluding ortho intramolecular Hbond substituents is 1. The van der Waals surface area contributed by atoms with Gasteiger partial charge in [0.1, 0.15) is 5.75 Å². The van der Waals surface area contributed by atoms with Crippen LogP contribution in [0.3, 0.4) is 0 Å². The molecule has 0 atom stereocenters. The van der Waals surface area contributed by atoms with Crippen molar-refractivity contribution in [3.8, 4) is 5.75 Å². The van der Waals surface area contributed by atoms with E-state index in [1.807, 2.05) is 19.9 Å². The first kappa shape index (κ1) is 11.9. The molecule has 0 bridgehead atoms. The Hall–Kier alpha value is -0.540. The Balaban J connectivity index is 2.60. The summed E-state index contributed by atoms with van der Waals surface area (Å²) < 4.78 is 1.03. The average Bonchev–Trinajstić information content (AvgIpc) is 2.62. The predicted octanol–water partition coefficient (Wildman–Crippen LogP) is 3.50. The molecule has 0 spiro atoms. The van der Waals surface area contributed by atoms with Gasteiger partial charge in [-0.15, -0.1) is 0 Å². The molecule has 1 aromatic carbocycles. The van der Waals surface area contributed by atoms with Gasteiger partial charge in [-0.1, -0.05) is 28.8 Å². The molecular weight excluding hydrogens is 266 g/mol. The highest BCUT2D eigenvalue weighted by molar-refractivity contribution is 9.10. The fourth-order valence-electron chi connectivity index (χ4n) is 2.79. The van der Waals surface area contributed by atoms with E-state index in [4.69, 9.17) is 5.73 Å². The van der Waals surface area contributed by atoms with Crippen LogP contribution in [0.25, 0.3) is 0 Å². The lowest BCUT2D eigenvalue weighted by Crippen LogP contribution is -2.34. The van der Waals surface area contributed by atoms with Crippen molar-refractivity contribution < 1.29 is 5.11 Å². The lowest BCUT2D eigenvalue weighted by molar-refractivity contribution is 0.437. The van der Waals surface area contributed by atoms with Crippen molar-refractivity contribution in [3.05, 3.63) is 27.2 Å². The first-order valence-electron chi connectivity index (χ1n) is 5.74. The average molecular weight is 284 g/mol. The zero-order chi connectivity index (χ0) is 11.9. The molecule has 0 aromatic heterocycles. The summed E-state index contributed by atoms with van der Waals surface area (Å²) in [5.41, 5.74) is 9.12. The first-order valence-corrected chi connectivity index (χ1v) is 6.53. The van der Waals surface area contributed by atoms with Crippen molar-refractivity contribution in [1.29, 1.82) is 0 Å². The third kappa shape index (κ3) is 1.76. The van der Waals surface area contributed by atoms with Crippen LogP contribution in [0.5, 0.6) is 5.75 Å². The quantitative estimate of drug-likeness (QED) is 0.829. The smallest absolute Gasteiger partial charge is 0.121 e. The zero-order valence-electron chi connectivity index (χ0n) is 9.81. The Morgan fingerprint density at radius 1 is 1.31 bits per heavy atom. The molecule has 0 amide bonds. The van der Waals surface area contributed by atoms with Crippen molar-refractivity contribution in [2.24, 2.45) is 5.73 Å². The van der Waals surface area contributed by atoms with Gasteiger partial charge in [-0.2, -0.15) is 0 Å². The maximum Gasteiger partial charge on any atom is 0.121 e. The Bertz CT molecular complexity index is 422. The van der Waals surface area contributed by atoms with Crippen LogP contribution in [0.4, 0.5) is 0 Å². The molecule has 88 valence electrons. The van der Waals surface area contributed by atoms with Gasteiger partial charge in [-0.25, -0.2) is 0 Å². The molecule has 1 fully saturated rings. The minimum Gasteiger partial charge on any atom is -0.507 e. The maximum atomic E-state index is 10.0. The second kappa shape index (κ2) is 4.04. The van der Waals surface area contributed by atoms with Crippen LogP contribution in [0, 0.1) is 13.8 Å². The normalized spacial score (nSPS) is 19.0. The number of hydrogen-bond donors (Lipinski definition) is 2. The van der Waals surface area contributed by atoms with Crippen LogP contribution >= 0.6 is 15.9 Å². The third-order valence-electron chi connectivity index (χ3n) is 3.68. The molecule has 1 saturated carbocycles. The molecule has 0 saturated heterocycles. The van der Waals surface area contributed by atoms with E-state index in [2.05, 4.69) is 15.9 Å². The monoisotopic (exact) mass is 283 g/mol. The van der Waals surface area contributed by atoms with Gasteiger partial charge in [0, 0.05) is 10.0 Å². The molecule has 0 unspecified atom stereocenters. The summed E-state index contributed by atoms with van der Waals surface area (Å²) in [6.07, 6.45) is 4.37. The topological polar surface area (TPSA) is 46.2 Å². The van der Waals surface area contributed by atoms with Crippen molar-refractivity contribution >= 4 is 15.9 Å². The lowest BCUT2D eigenvalue weighted by Gasteiger charge is -2.28. The number of halogens is 1. The Morgan fingerprint density at radius 2 is 1.88 bits per heavy atom. The van der Waals surface area contributed by atoms with E-state index in [1.54, 1.807) is 0 Å². The summed E-state index contributed by atoms with van der Waals surface area (Å²) in [4.78, 5) is 0. The van der Waals surface area contributed by atoms with Gasteiger partial charge in [0.15, 0.2) is 0 Å². The number of aryl methyl sites for hydroxylation is 1. The van der Waals surface area contributed by atoms with Gasteiger partial charge in [-0.3, -0.25) is 0 Å². The van der Waals surface area contributed by atoms with Crippen molar-refractivity contribution in [3.63, 3.8) is 0 Å². The van der Waals surface area contributed by atoms with E-state index in [9.17, 15) is 5.11 Å². The summed E-state index contributed by atoms with van der Waals surface area (Å²) in [7, 11) is 0. The highest BCUT2D eigenvalue weighted by Gasteiger charge is 2.35. The number of benzene rings is 1. The molecule has 0 radical (unpaired) electrons. The van der Waals surface area contributed by atoms with E-state index >= 15 is 0 Å². The summed E-state index contributed by atoms with van der Waals surface area (Å²) in [5, 5.41) is 10.0. The third-order valence-corrected chi connectivity index (χ3v) is 4.30. The van der Waals surface area contributed by atoms with E-state index in [0.29, 0.717) is 5.75 Å². The van der Waals surface area contributed by atoms with E-state index in [1.165, 1.54) is 12.8 Å². The highest BCUT2D eigenvalue weighted by Crippen LogP contribution is 2.44. The molecule has 3 heteroatoms. The second-order valence-corrected chi connectivity index (χ2v) is 5.74. The Kier molecular flexibility index (Phi) is 3.01. The number of aromatic hydroxyl groups is 1. The fourth-order valence-corrected chi connectivity index (χ4v) is 3.83. The summed E-state index contributed by atoms with van der Waals surface area (Å²) in [6, 6.07) is 1.96. The summed E-state index contributed by atoms with van der Waals surface area (Å²) >= 11 is 3.59. The van der Waals surface area contributed by atoms with Gasteiger partial charge in [-0.05, 0) is 49.4 Å². The van der Waals surface area contributed by atoms with Crippen molar-refractivity contribution in [2.75, 3.05) is 0 Å². The molecule has 1 aromatic rings. The Labute approximate surface area is 105 Å². The van der Waals surface area contributed by atoms with Gasteiger partial charge < -0.3 is 10.8 Å². The van der Waals surface area contributed by atoms with Crippen molar-refractivity contribution in [2.45, 2.75) is 45.1 Å². The molecule has 3 N–H and O–H groups in total. The van der Waals surface area contributed by atoms with Gasteiger partial charge in [0.2, 0.25) is 0 Å². The second-order valence-electron chi connectivity index (χ2n) is 4.89. The fraction of sp³-hybridized carbons (Fsp3) is 0.538.